The van der Waals surface area contributed by atoms with E-state index in [4.69, 9.17) is 11.6 Å². The zero-order chi connectivity index (χ0) is 48.7. The molecule has 6 aromatic rings. The van der Waals surface area contributed by atoms with E-state index in [0.717, 1.165) is 107 Å². The summed E-state index contributed by atoms with van der Waals surface area (Å²) in [5, 5.41) is 37.4. The predicted molar refractivity (Wildman–Crippen MR) is 261 cm³/mol. The number of anilines is 2. The number of hydrogen-bond acceptors (Lipinski definition) is 11. The Morgan fingerprint density at radius 2 is 1.22 bits per heavy atom. The maximum absolute atomic E-state index is 13.5. The first-order chi connectivity index (χ1) is 33.0. The minimum atomic E-state index is -0.507. The third kappa shape index (κ3) is 9.32. The van der Waals surface area contributed by atoms with Crippen LogP contribution in [0.5, 0.6) is 0 Å². The van der Waals surface area contributed by atoms with Gasteiger partial charge in [-0.3, -0.25) is 14.3 Å². The molecule has 2 amide bonds. The number of benzene rings is 2. The maximum atomic E-state index is 13.5. The molecule has 4 bridgehead atoms. The van der Waals surface area contributed by atoms with Crippen molar-refractivity contribution in [2.24, 2.45) is 28.7 Å². The second-order valence-electron chi connectivity index (χ2n) is 19.9. The summed E-state index contributed by atoms with van der Waals surface area (Å²) in [7, 11) is 1.81. The van der Waals surface area contributed by atoms with E-state index in [-0.39, 0.29) is 62.9 Å². The van der Waals surface area contributed by atoms with E-state index < -0.39 is 11.7 Å². The number of H-pyrrole nitrogens is 1. The lowest BCUT2D eigenvalue weighted by atomic mass is 9.53. The number of aryl methyl sites for hydroxylation is 2. The van der Waals surface area contributed by atoms with Crippen molar-refractivity contribution in [3.8, 4) is 0 Å². The number of aliphatic hydroxyl groups excluding tert-OH is 2. The lowest BCUT2D eigenvalue weighted by Crippen LogP contribution is -2.45. The van der Waals surface area contributed by atoms with Crippen LogP contribution in [-0.2, 0) is 20.1 Å². The zero-order valence-corrected chi connectivity index (χ0v) is 39.7. The third-order valence-electron chi connectivity index (χ3n) is 15.9. The summed E-state index contributed by atoms with van der Waals surface area (Å²) in [5.41, 5.74) is 5.78. The second-order valence-corrected chi connectivity index (χ2v) is 20.3. The number of rotatable bonds is 14. The van der Waals surface area contributed by atoms with Crippen LogP contribution < -0.4 is 21.3 Å². The average Bonchev–Trinajstić information content (AvgIpc) is 3.94. The Kier molecular flexibility index (Phi) is 12.9. The SMILES string of the molecule is C=C(O)C12CCC(CNc3c4ncnc(C(=O)NCc5ccc(F)c(Cl)c5)c4nn3C)(CC1)CC2.C=C(O)C12CCC(CNc3c[nH]c4c(C(=O)NCc5ccc(F)c(C)c5)ncnc34)(CC1)CC2. The van der Waals surface area contributed by atoms with Crippen molar-refractivity contribution in [3.05, 3.63) is 125 Å². The van der Waals surface area contributed by atoms with E-state index in [1.165, 1.54) is 30.9 Å². The molecule has 0 unspecified atom stereocenters. The van der Waals surface area contributed by atoms with Crippen molar-refractivity contribution < 1.29 is 28.6 Å². The summed E-state index contributed by atoms with van der Waals surface area (Å²) in [4.78, 5) is 46.1. The van der Waals surface area contributed by atoms with E-state index in [1.807, 2.05) is 13.2 Å². The molecule has 0 radical (unpaired) electrons. The molecular formula is C51H58ClF2N11O4. The monoisotopic (exact) mass is 961 g/mol. The fourth-order valence-electron chi connectivity index (χ4n) is 11.1. The Morgan fingerprint density at radius 3 is 1.77 bits per heavy atom. The first-order valence-corrected chi connectivity index (χ1v) is 23.9. The van der Waals surface area contributed by atoms with E-state index >= 15 is 0 Å². The van der Waals surface area contributed by atoms with E-state index in [0.29, 0.717) is 44.7 Å². The lowest BCUT2D eigenvalue weighted by molar-refractivity contribution is -0.000387. The molecule has 6 aliphatic carbocycles. The van der Waals surface area contributed by atoms with Crippen molar-refractivity contribution in [2.75, 3.05) is 23.7 Å². The third-order valence-corrected chi connectivity index (χ3v) is 16.2. The molecule has 6 saturated carbocycles. The highest BCUT2D eigenvalue weighted by Crippen LogP contribution is 2.60. The maximum Gasteiger partial charge on any atom is 0.272 e. The smallest absolute Gasteiger partial charge is 0.272 e. The van der Waals surface area contributed by atoms with Crippen LogP contribution in [0.3, 0.4) is 0 Å². The molecule has 0 spiro atoms. The molecule has 2 aromatic carbocycles. The predicted octanol–water partition coefficient (Wildman–Crippen LogP) is 10.1. The number of hydrogen-bond donors (Lipinski definition) is 7. The first-order valence-electron chi connectivity index (χ1n) is 23.5. The molecule has 6 fully saturated rings. The van der Waals surface area contributed by atoms with Crippen molar-refractivity contribution in [3.63, 3.8) is 0 Å². The van der Waals surface area contributed by atoms with Gasteiger partial charge < -0.3 is 36.5 Å². The molecule has 18 heteroatoms. The Balaban J connectivity index is 0.000000172. The molecule has 0 atom stereocenters. The topological polar surface area (TPSA) is 208 Å². The van der Waals surface area contributed by atoms with Gasteiger partial charge in [0, 0.05) is 50.3 Å². The van der Waals surface area contributed by atoms with Crippen molar-refractivity contribution in [2.45, 2.75) is 97.1 Å². The summed E-state index contributed by atoms with van der Waals surface area (Å²) < 4.78 is 28.6. The van der Waals surface area contributed by atoms with Crippen LogP contribution in [0.1, 0.15) is 115 Å². The number of halogens is 3. The number of aliphatic hydroxyl groups is 2. The van der Waals surface area contributed by atoms with Gasteiger partial charge in [-0.05, 0) is 130 Å². The van der Waals surface area contributed by atoms with Crippen LogP contribution in [0.25, 0.3) is 22.1 Å². The van der Waals surface area contributed by atoms with Crippen LogP contribution >= 0.6 is 11.6 Å². The number of aromatic nitrogens is 7. The molecule has 0 aliphatic heterocycles. The van der Waals surface area contributed by atoms with Gasteiger partial charge in [-0.1, -0.05) is 43.0 Å². The van der Waals surface area contributed by atoms with Gasteiger partial charge in [0.1, 0.15) is 40.8 Å². The van der Waals surface area contributed by atoms with Gasteiger partial charge in [0.2, 0.25) is 0 Å². The number of aromatic amines is 1. The summed E-state index contributed by atoms with van der Waals surface area (Å²) in [6.45, 7) is 11.4. The summed E-state index contributed by atoms with van der Waals surface area (Å²) in [6, 6.07) is 9.09. The summed E-state index contributed by atoms with van der Waals surface area (Å²) >= 11 is 5.83. The standard InChI is InChI=1S/C26H30FN5O2.C25H28ClFN6O2/c1-16-11-18(3-4-19(16)27)12-29-24(34)23-22-21(31-15-32-23)20(13-28-22)30-14-25-5-8-26(9-6-25,10-7-25)17(2)33;1-15(34)25-8-5-24(6-9-25,7-10-25)13-29-22-20-19(32-33(22)2)21(31-14-30-20)23(35)28-12-16-3-4-18(27)17(26)11-16/h3-4,11,13,15,28,30,33H,2,5-10,12,14H2,1H3,(H,29,34);3-4,11,14,29,34H,1,5-10,12-13H2,2H3,(H,28,35). The molecule has 362 valence electrons. The molecule has 4 heterocycles. The van der Waals surface area contributed by atoms with Gasteiger partial charge in [-0.2, -0.15) is 5.10 Å². The minimum Gasteiger partial charge on any atom is -0.512 e. The molecule has 4 aromatic heterocycles. The highest BCUT2D eigenvalue weighted by molar-refractivity contribution is 6.30. The fourth-order valence-corrected chi connectivity index (χ4v) is 11.3. The molecular weight excluding hydrogens is 904 g/mol. The van der Waals surface area contributed by atoms with Gasteiger partial charge in [-0.15, -0.1) is 0 Å². The Labute approximate surface area is 403 Å². The Morgan fingerprint density at radius 1 is 0.710 bits per heavy atom. The molecule has 69 heavy (non-hydrogen) atoms. The van der Waals surface area contributed by atoms with Gasteiger partial charge in [0.25, 0.3) is 11.8 Å². The summed E-state index contributed by atoms with van der Waals surface area (Å²) in [6.07, 6.45) is 16.7. The normalized spacial score (nSPS) is 23.6. The van der Waals surface area contributed by atoms with Crippen molar-refractivity contribution in [1.82, 2.24) is 45.3 Å². The highest BCUT2D eigenvalue weighted by atomic mass is 35.5. The number of carbonyl (C=O) groups excluding carboxylic acids is 2. The molecule has 7 N–H and O–H groups in total. The Bertz CT molecular complexity index is 2940. The minimum absolute atomic E-state index is 0.00370. The molecule has 6 aliphatic rings. The quantitative estimate of drug-likeness (QED) is 0.0511. The van der Waals surface area contributed by atoms with E-state index in [2.05, 4.69) is 64.4 Å². The Hall–Kier alpha value is -6.62. The number of nitrogens with one attached hydrogen (secondary N) is 5. The van der Waals surface area contributed by atoms with Crippen LogP contribution in [-0.4, -0.2) is 69.8 Å². The molecule has 0 saturated heterocycles. The second kappa shape index (κ2) is 18.7. The van der Waals surface area contributed by atoms with Gasteiger partial charge >= 0.3 is 0 Å². The summed E-state index contributed by atoms with van der Waals surface area (Å²) in [5.74, 6) is -0.0677. The van der Waals surface area contributed by atoms with Gasteiger partial charge in [0.05, 0.1) is 27.7 Å². The molecule has 12 rings (SSSR count). The average molecular weight is 963 g/mol. The largest absolute Gasteiger partial charge is 0.512 e. The first kappa shape index (κ1) is 47.4. The number of allylic oxidation sites excluding steroid dienone is 2. The number of amides is 2. The van der Waals surface area contributed by atoms with Crippen LogP contribution in [0.15, 0.2) is 79.9 Å². The van der Waals surface area contributed by atoms with E-state index in [1.54, 1.807) is 29.8 Å². The van der Waals surface area contributed by atoms with Gasteiger partial charge in [-0.25, -0.2) is 28.7 Å². The lowest BCUT2D eigenvalue weighted by Gasteiger charge is -2.53. The van der Waals surface area contributed by atoms with E-state index in [9.17, 15) is 28.6 Å². The van der Waals surface area contributed by atoms with Crippen LogP contribution in [0.2, 0.25) is 5.02 Å². The number of nitrogens with zero attached hydrogens (tertiary/aromatic N) is 6. The highest BCUT2D eigenvalue weighted by Gasteiger charge is 2.51. The fraction of sp³-hybridized carbons (Fsp3) is 0.431. The van der Waals surface area contributed by atoms with Crippen molar-refractivity contribution in [1.29, 1.82) is 0 Å². The van der Waals surface area contributed by atoms with Crippen LogP contribution in [0.4, 0.5) is 20.3 Å². The van der Waals surface area contributed by atoms with Gasteiger partial charge in [0.15, 0.2) is 17.2 Å². The molecule has 15 nitrogen and oxygen atoms in total. The van der Waals surface area contributed by atoms with Crippen molar-refractivity contribution >= 4 is 57.0 Å². The zero-order valence-electron chi connectivity index (χ0n) is 39.0. The number of fused-ring (bicyclic) bond motifs is 8. The van der Waals surface area contributed by atoms with Crippen LogP contribution in [0, 0.1) is 40.2 Å². The number of carbonyl (C=O) groups is 2.